The van der Waals surface area contributed by atoms with Crippen molar-refractivity contribution < 1.29 is 9.72 Å². The van der Waals surface area contributed by atoms with Crippen molar-refractivity contribution in [1.82, 2.24) is 10.6 Å². The Kier molecular flexibility index (Phi) is 6.31. The third-order valence-corrected chi connectivity index (χ3v) is 3.52. The van der Waals surface area contributed by atoms with Gasteiger partial charge in [-0.05, 0) is 26.1 Å². The lowest BCUT2D eigenvalue weighted by Gasteiger charge is -2.11. The molecule has 6 nitrogen and oxygen atoms in total. The molecule has 0 aromatic heterocycles. The molecule has 0 radical (unpaired) electrons. The molecule has 1 atom stereocenters. The van der Waals surface area contributed by atoms with Crippen molar-refractivity contribution in [2.45, 2.75) is 17.1 Å². The smallest absolute Gasteiger partial charge is 0.269 e. The summed E-state index contributed by atoms with van der Waals surface area (Å²) in [5, 5.41) is 16.0. The number of benzene rings is 1. The van der Waals surface area contributed by atoms with Gasteiger partial charge in [-0.2, -0.15) is 0 Å². The topological polar surface area (TPSA) is 84.3 Å². The van der Waals surface area contributed by atoms with Crippen LogP contribution < -0.4 is 10.6 Å². The van der Waals surface area contributed by atoms with E-state index < -0.39 is 4.92 Å². The van der Waals surface area contributed by atoms with Gasteiger partial charge in [0.25, 0.3) is 5.69 Å². The van der Waals surface area contributed by atoms with Crippen LogP contribution in [-0.4, -0.2) is 36.2 Å². The number of nitrogens with one attached hydrogen (secondary N) is 2. The minimum absolute atomic E-state index is 0.0430. The number of nitro benzene ring substituents is 1. The van der Waals surface area contributed by atoms with Crippen LogP contribution in [0.25, 0.3) is 0 Å². The molecule has 0 heterocycles. The van der Waals surface area contributed by atoms with Crippen LogP contribution in [0.3, 0.4) is 0 Å². The Hall–Kier alpha value is -1.60. The van der Waals surface area contributed by atoms with Crippen LogP contribution in [0.15, 0.2) is 29.2 Å². The van der Waals surface area contributed by atoms with E-state index >= 15 is 0 Å². The van der Waals surface area contributed by atoms with Crippen LogP contribution in [0.5, 0.6) is 0 Å². The Balaban J connectivity index is 2.49. The average Bonchev–Trinajstić information content (AvgIpc) is 2.39. The molecule has 7 heteroatoms. The van der Waals surface area contributed by atoms with Crippen molar-refractivity contribution in [3.8, 4) is 0 Å². The third kappa shape index (κ3) is 5.27. The zero-order valence-electron chi connectivity index (χ0n) is 10.9. The highest BCUT2D eigenvalue weighted by Gasteiger charge is 2.14. The van der Waals surface area contributed by atoms with E-state index in [1.165, 1.54) is 23.9 Å². The van der Waals surface area contributed by atoms with Crippen molar-refractivity contribution in [3.05, 3.63) is 34.4 Å². The van der Waals surface area contributed by atoms with Gasteiger partial charge in [0.05, 0.1) is 10.2 Å². The molecule has 1 aromatic carbocycles. The molecule has 0 aliphatic heterocycles. The minimum Gasteiger partial charge on any atom is -0.354 e. The van der Waals surface area contributed by atoms with Crippen molar-refractivity contribution in [2.24, 2.45) is 0 Å². The molecule has 19 heavy (non-hydrogen) atoms. The fourth-order valence-electron chi connectivity index (χ4n) is 1.36. The minimum atomic E-state index is -0.442. The molecule has 0 saturated carbocycles. The number of nitro groups is 1. The molecule has 1 aromatic rings. The summed E-state index contributed by atoms with van der Waals surface area (Å²) >= 11 is 1.38. The average molecular weight is 283 g/mol. The van der Waals surface area contributed by atoms with Gasteiger partial charge in [-0.1, -0.05) is 0 Å². The van der Waals surface area contributed by atoms with Gasteiger partial charge in [0, 0.05) is 30.1 Å². The Labute approximate surface area is 116 Å². The van der Waals surface area contributed by atoms with Crippen LogP contribution in [0.2, 0.25) is 0 Å². The Morgan fingerprint density at radius 2 is 2.00 bits per heavy atom. The van der Waals surface area contributed by atoms with Crippen LogP contribution >= 0.6 is 11.8 Å². The summed E-state index contributed by atoms with van der Waals surface area (Å²) < 4.78 is 0. The van der Waals surface area contributed by atoms with Crippen LogP contribution in [-0.2, 0) is 4.79 Å². The first kappa shape index (κ1) is 15.5. The number of amides is 1. The first-order chi connectivity index (χ1) is 9.04. The second-order valence-corrected chi connectivity index (χ2v) is 5.32. The molecule has 0 saturated heterocycles. The van der Waals surface area contributed by atoms with Gasteiger partial charge in [0.15, 0.2) is 0 Å². The van der Waals surface area contributed by atoms with E-state index in [0.29, 0.717) is 6.54 Å². The van der Waals surface area contributed by atoms with Crippen LogP contribution in [0.1, 0.15) is 6.92 Å². The van der Waals surface area contributed by atoms with Crippen molar-refractivity contribution in [1.29, 1.82) is 0 Å². The standard InChI is InChI=1S/C12H17N3O3S/c1-9(12(16)14-8-7-13-2)19-11-5-3-10(4-6-11)15(17)18/h3-6,9,13H,7-8H2,1-2H3,(H,14,16). The normalized spacial score (nSPS) is 11.9. The molecule has 2 N–H and O–H groups in total. The monoisotopic (exact) mass is 283 g/mol. The van der Waals surface area contributed by atoms with Crippen molar-refractivity contribution in [2.75, 3.05) is 20.1 Å². The molecule has 0 bridgehead atoms. The summed E-state index contributed by atoms with van der Waals surface area (Å²) in [7, 11) is 1.82. The fourth-order valence-corrected chi connectivity index (χ4v) is 2.25. The molecule has 0 spiro atoms. The summed E-state index contributed by atoms with van der Waals surface area (Å²) in [6.45, 7) is 3.11. The second kappa shape index (κ2) is 7.75. The quantitative estimate of drug-likeness (QED) is 0.342. The Morgan fingerprint density at radius 3 is 2.53 bits per heavy atom. The number of hydrogen-bond donors (Lipinski definition) is 2. The predicted molar refractivity (Wildman–Crippen MR) is 75.4 cm³/mol. The van der Waals surface area contributed by atoms with Gasteiger partial charge in [-0.25, -0.2) is 0 Å². The van der Waals surface area contributed by atoms with E-state index in [2.05, 4.69) is 10.6 Å². The summed E-state index contributed by atoms with van der Waals surface area (Å²) in [6.07, 6.45) is 0. The van der Waals surface area contributed by atoms with Gasteiger partial charge in [-0.15, -0.1) is 11.8 Å². The number of carbonyl (C=O) groups is 1. The van der Waals surface area contributed by atoms with Gasteiger partial charge < -0.3 is 10.6 Å². The lowest BCUT2D eigenvalue weighted by Crippen LogP contribution is -2.35. The summed E-state index contributed by atoms with van der Waals surface area (Å²) in [5.74, 6) is -0.0430. The van der Waals surface area contributed by atoms with E-state index in [1.807, 2.05) is 7.05 Å². The highest BCUT2D eigenvalue weighted by Crippen LogP contribution is 2.25. The highest BCUT2D eigenvalue weighted by atomic mass is 32.2. The molecule has 1 amide bonds. The molecular weight excluding hydrogens is 266 g/mol. The molecule has 1 unspecified atom stereocenters. The zero-order chi connectivity index (χ0) is 14.3. The first-order valence-electron chi connectivity index (χ1n) is 5.88. The number of nitrogens with zero attached hydrogens (tertiary/aromatic N) is 1. The maximum atomic E-state index is 11.7. The third-order valence-electron chi connectivity index (χ3n) is 2.40. The van der Waals surface area contributed by atoms with E-state index in [1.54, 1.807) is 19.1 Å². The van der Waals surface area contributed by atoms with E-state index in [0.717, 1.165) is 11.4 Å². The molecule has 0 aliphatic carbocycles. The highest BCUT2D eigenvalue weighted by molar-refractivity contribution is 8.00. The first-order valence-corrected chi connectivity index (χ1v) is 6.76. The summed E-state index contributed by atoms with van der Waals surface area (Å²) in [4.78, 5) is 22.6. The Bertz CT molecular complexity index is 436. The van der Waals surface area contributed by atoms with Gasteiger partial charge in [0.1, 0.15) is 0 Å². The number of carbonyl (C=O) groups excluding carboxylic acids is 1. The number of hydrogen-bond acceptors (Lipinski definition) is 5. The van der Waals surface area contributed by atoms with Gasteiger partial charge in [0.2, 0.25) is 5.91 Å². The maximum Gasteiger partial charge on any atom is 0.269 e. The van der Waals surface area contributed by atoms with Gasteiger partial charge in [-0.3, -0.25) is 14.9 Å². The predicted octanol–water partition coefficient (Wildman–Crippen LogP) is 1.41. The number of likely N-dealkylation sites (N-methyl/N-ethyl adjacent to an activating group) is 1. The molecule has 0 fully saturated rings. The van der Waals surface area contributed by atoms with E-state index in [9.17, 15) is 14.9 Å². The van der Waals surface area contributed by atoms with E-state index in [-0.39, 0.29) is 16.8 Å². The zero-order valence-corrected chi connectivity index (χ0v) is 11.7. The van der Waals surface area contributed by atoms with Crippen LogP contribution in [0, 0.1) is 10.1 Å². The summed E-state index contributed by atoms with van der Waals surface area (Å²) in [6, 6.07) is 6.18. The molecular formula is C12H17N3O3S. The molecule has 0 aliphatic rings. The lowest BCUT2D eigenvalue weighted by atomic mass is 10.3. The number of non-ortho nitro benzene ring substituents is 1. The second-order valence-electron chi connectivity index (χ2n) is 3.91. The summed E-state index contributed by atoms with van der Waals surface area (Å²) in [5.41, 5.74) is 0.0514. The Morgan fingerprint density at radius 1 is 1.37 bits per heavy atom. The largest absolute Gasteiger partial charge is 0.354 e. The van der Waals surface area contributed by atoms with Gasteiger partial charge >= 0.3 is 0 Å². The SMILES string of the molecule is CNCCNC(=O)C(C)Sc1ccc([N+](=O)[O-])cc1. The van der Waals surface area contributed by atoms with Crippen molar-refractivity contribution >= 4 is 23.4 Å². The molecule has 1 rings (SSSR count). The molecule has 104 valence electrons. The number of rotatable bonds is 7. The maximum absolute atomic E-state index is 11.7. The van der Waals surface area contributed by atoms with E-state index in [4.69, 9.17) is 0 Å². The lowest BCUT2D eigenvalue weighted by molar-refractivity contribution is -0.384. The number of thioether (sulfide) groups is 1. The van der Waals surface area contributed by atoms with Crippen molar-refractivity contribution in [3.63, 3.8) is 0 Å². The van der Waals surface area contributed by atoms with Crippen LogP contribution in [0.4, 0.5) is 5.69 Å². The fraction of sp³-hybridized carbons (Fsp3) is 0.417.